The molecule has 0 bridgehead atoms. The molecule has 1 fully saturated rings. The fourth-order valence-corrected chi connectivity index (χ4v) is 2.08. The number of halogens is 1. The molecular weight excluding hydrogens is 214 g/mol. The summed E-state index contributed by atoms with van der Waals surface area (Å²) < 4.78 is 0. The highest BCUT2D eigenvalue weighted by atomic mass is 35.5. The third kappa shape index (κ3) is 6.00. The number of hydrogen-bond acceptors (Lipinski definition) is 2. The third-order valence-corrected chi connectivity index (χ3v) is 3.03. The average molecular weight is 236 g/mol. The van der Waals surface area contributed by atoms with Gasteiger partial charge in [-0.2, -0.15) is 0 Å². The van der Waals surface area contributed by atoms with Crippen molar-refractivity contribution in [3.05, 3.63) is 0 Å². The van der Waals surface area contributed by atoms with Crippen molar-refractivity contribution in [3.63, 3.8) is 0 Å². The van der Waals surface area contributed by atoms with Gasteiger partial charge in [-0.1, -0.05) is 6.42 Å². The van der Waals surface area contributed by atoms with Crippen LogP contribution in [0.1, 0.15) is 45.4 Å². The standard InChI is InChI=1S/C11H21NO2.ClH/c1-10-6-2-4-8-12(10)9-5-3-7-11(13)14;/h10H,2-9H2,1H3,(H,13,14);1H. The molecule has 15 heavy (non-hydrogen) atoms. The number of nitrogens with zero attached hydrogens (tertiary/aromatic N) is 1. The Morgan fingerprint density at radius 2 is 2.13 bits per heavy atom. The van der Waals surface area contributed by atoms with Gasteiger partial charge in [0.15, 0.2) is 0 Å². The summed E-state index contributed by atoms with van der Waals surface area (Å²) >= 11 is 0. The summed E-state index contributed by atoms with van der Waals surface area (Å²) in [6, 6.07) is 0.702. The lowest BCUT2D eigenvalue weighted by Gasteiger charge is -2.33. The molecule has 0 saturated carbocycles. The van der Waals surface area contributed by atoms with Gasteiger partial charge < -0.3 is 10.0 Å². The molecule has 1 rings (SSSR count). The van der Waals surface area contributed by atoms with E-state index >= 15 is 0 Å². The first-order chi connectivity index (χ1) is 6.70. The molecule has 1 aliphatic heterocycles. The molecule has 3 nitrogen and oxygen atoms in total. The first-order valence-corrected chi connectivity index (χ1v) is 5.66. The molecule has 0 aromatic rings. The summed E-state index contributed by atoms with van der Waals surface area (Å²) in [5.74, 6) is -0.670. The maximum atomic E-state index is 10.3. The van der Waals surface area contributed by atoms with Crippen molar-refractivity contribution >= 4 is 18.4 Å². The Morgan fingerprint density at radius 1 is 1.40 bits per heavy atom. The summed E-state index contributed by atoms with van der Waals surface area (Å²) in [6.07, 6.45) is 6.13. The Balaban J connectivity index is 0.00000196. The second kappa shape index (κ2) is 7.94. The minimum Gasteiger partial charge on any atom is -0.481 e. The number of unbranched alkanes of at least 4 members (excludes halogenated alkanes) is 1. The number of carbonyl (C=O) groups is 1. The fraction of sp³-hybridized carbons (Fsp3) is 0.909. The van der Waals surface area contributed by atoms with E-state index in [2.05, 4.69) is 11.8 Å². The Morgan fingerprint density at radius 3 is 2.73 bits per heavy atom. The Kier molecular flexibility index (Phi) is 7.79. The molecular formula is C11H22ClNO2. The summed E-state index contributed by atoms with van der Waals surface area (Å²) in [6.45, 7) is 4.55. The second-order valence-electron chi connectivity index (χ2n) is 4.23. The molecule has 1 saturated heterocycles. The molecule has 0 amide bonds. The van der Waals surface area contributed by atoms with Gasteiger partial charge in [0.1, 0.15) is 0 Å². The van der Waals surface area contributed by atoms with Crippen LogP contribution in [0.25, 0.3) is 0 Å². The van der Waals surface area contributed by atoms with Gasteiger partial charge in [0.05, 0.1) is 0 Å². The lowest BCUT2D eigenvalue weighted by Crippen LogP contribution is -2.37. The minimum atomic E-state index is -0.670. The molecule has 1 atom stereocenters. The Labute approximate surface area is 98.3 Å². The smallest absolute Gasteiger partial charge is 0.303 e. The molecule has 90 valence electrons. The van der Waals surface area contributed by atoms with E-state index in [9.17, 15) is 4.79 Å². The fourth-order valence-electron chi connectivity index (χ4n) is 2.08. The van der Waals surface area contributed by atoms with Crippen molar-refractivity contribution in [2.75, 3.05) is 13.1 Å². The van der Waals surface area contributed by atoms with Crippen molar-refractivity contribution in [3.8, 4) is 0 Å². The van der Waals surface area contributed by atoms with Crippen LogP contribution in [-0.2, 0) is 4.79 Å². The largest absolute Gasteiger partial charge is 0.481 e. The number of aliphatic carboxylic acids is 1. The number of rotatable bonds is 5. The summed E-state index contributed by atoms with van der Waals surface area (Å²) in [5.41, 5.74) is 0. The minimum absolute atomic E-state index is 0. The van der Waals surface area contributed by atoms with Crippen LogP contribution in [0.2, 0.25) is 0 Å². The molecule has 0 aliphatic carbocycles. The normalized spacial score (nSPS) is 22.1. The predicted octanol–water partition coefficient (Wildman–Crippen LogP) is 2.54. The zero-order chi connectivity index (χ0) is 10.4. The molecule has 0 spiro atoms. The Bertz CT molecular complexity index is 187. The maximum absolute atomic E-state index is 10.3. The predicted molar refractivity (Wildman–Crippen MR) is 63.6 cm³/mol. The first kappa shape index (κ1) is 14.7. The molecule has 1 N–H and O–H groups in total. The van der Waals surface area contributed by atoms with Gasteiger partial charge in [0.25, 0.3) is 0 Å². The third-order valence-electron chi connectivity index (χ3n) is 3.03. The molecule has 1 heterocycles. The monoisotopic (exact) mass is 235 g/mol. The molecule has 0 aromatic carbocycles. The van der Waals surface area contributed by atoms with Crippen LogP contribution in [0.5, 0.6) is 0 Å². The maximum Gasteiger partial charge on any atom is 0.303 e. The molecule has 1 unspecified atom stereocenters. The topological polar surface area (TPSA) is 40.5 Å². The molecule has 4 heteroatoms. The van der Waals surface area contributed by atoms with E-state index in [0.29, 0.717) is 12.5 Å². The van der Waals surface area contributed by atoms with Crippen LogP contribution < -0.4 is 0 Å². The van der Waals surface area contributed by atoms with E-state index < -0.39 is 5.97 Å². The van der Waals surface area contributed by atoms with Crippen LogP contribution in [0.3, 0.4) is 0 Å². The van der Waals surface area contributed by atoms with E-state index in [1.54, 1.807) is 0 Å². The van der Waals surface area contributed by atoms with Crippen molar-refractivity contribution in [1.82, 2.24) is 4.90 Å². The first-order valence-electron chi connectivity index (χ1n) is 5.66. The van der Waals surface area contributed by atoms with Gasteiger partial charge in [-0.15, -0.1) is 12.4 Å². The molecule has 0 radical (unpaired) electrons. The number of carboxylic acid groups (broad SMARTS) is 1. The number of likely N-dealkylation sites (tertiary alicyclic amines) is 1. The van der Waals surface area contributed by atoms with Gasteiger partial charge in [-0.05, 0) is 45.7 Å². The van der Waals surface area contributed by atoms with Crippen LogP contribution in [0.15, 0.2) is 0 Å². The number of piperidine rings is 1. The quantitative estimate of drug-likeness (QED) is 0.745. The van der Waals surface area contributed by atoms with E-state index in [-0.39, 0.29) is 12.4 Å². The van der Waals surface area contributed by atoms with Crippen molar-refractivity contribution < 1.29 is 9.90 Å². The van der Waals surface area contributed by atoms with E-state index in [0.717, 1.165) is 19.4 Å². The van der Waals surface area contributed by atoms with E-state index in [4.69, 9.17) is 5.11 Å². The van der Waals surface area contributed by atoms with Crippen LogP contribution in [-0.4, -0.2) is 35.1 Å². The highest BCUT2D eigenvalue weighted by Crippen LogP contribution is 2.16. The zero-order valence-corrected chi connectivity index (χ0v) is 10.3. The van der Waals surface area contributed by atoms with Crippen LogP contribution >= 0.6 is 12.4 Å². The summed E-state index contributed by atoms with van der Waals surface area (Å²) in [5, 5.41) is 8.49. The Hall–Kier alpha value is -0.280. The van der Waals surface area contributed by atoms with Gasteiger partial charge in [0, 0.05) is 12.5 Å². The van der Waals surface area contributed by atoms with Crippen LogP contribution in [0, 0.1) is 0 Å². The van der Waals surface area contributed by atoms with Crippen molar-refractivity contribution in [2.24, 2.45) is 0 Å². The average Bonchev–Trinajstić information content (AvgIpc) is 2.15. The van der Waals surface area contributed by atoms with Gasteiger partial charge >= 0.3 is 5.97 Å². The van der Waals surface area contributed by atoms with Crippen molar-refractivity contribution in [1.29, 1.82) is 0 Å². The summed E-state index contributed by atoms with van der Waals surface area (Å²) in [7, 11) is 0. The molecule has 0 aromatic heterocycles. The van der Waals surface area contributed by atoms with Crippen LogP contribution in [0.4, 0.5) is 0 Å². The zero-order valence-electron chi connectivity index (χ0n) is 9.45. The second-order valence-corrected chi connectivity index (χ2v) is 4.23. The lowest BCUT2D eigenvalue weighted by molar-refractivity contribution is -0.137. The lowest BCUT2D eigenvalue weighted by atomic mass is 10.0. The van der Waals surface area contributed by atoms with E-state index in [1.807, 2.05) is 0 Å². The highest BCUT2D eigenvalue weighted by Gasteiger charge is 2.16. The summed E-state index contributed by atoms with van der Waals surface area (Å²) in [4.78, 5) is 12.8. The SMILES string of the molecule is CC1CCCCN1CCCCC(=O)O.Cl. The van der Waals surface area contributed by atoms with Gasteiger partial charge in [0.2, 0.25) is 0 Å². The van der Waals surface area contributed by atoms with Gasteiger partial charge in [-0.3, -0.25) is 4.79 Å². The number of carboxylic acids is 1. The molecule has 1 aliphatic rings. The van der Waals surface area contributed by atoms with Crippen molar-refractivity contribution in [2.45, 2.75) is 51.5 Å². The van der Waals surface area contributed by atoms with E-state index in [1.165, 1.54) is 25.8 Å². The highest BCUT2D eigenvalue weighted by molar-refractivity contribution is 5.85. The van der Waals surface area contributed by atoms with Gasteiger partial charge in [-0.25, -0.2) is 0 Å². The number of hydrogen-bond donors (Lipinski definition) is 1.